The zero-order valence-electron chi connectivity index (χ0n) is 20.7. The molecule has 1 heterocycles. The number of ketones is 1. The lowest BCUT2D eigenvalue weighted by molar-refractivity contribution is -0.217. The molecule has 0 radical (unpaired) electrons. The number of aliphatic hydroxyl groups excluding tert-OH is 1. The Bertz CT molecular complexity index is 1250. The average Bonchev–Trinajstić information content (AvgIpc) is 2.87. The van der Waals surface area contributed by atoms with Gasteiger partial charge in [0.25, 0.3) is 0 Å². The highest BCUT2D eigenvalue weighted by Crippen LogP contribution is 2.42. The summed E-state index contributed by atoms with van der Waals surface area (Å²) in [5.74, 6) is -0.0630. The molecule has 37 heavy (non-hydrogen) atoms. The van der Waals surface area contributed by atoms with Crippen LogP contribution in [0.3, 0.4) is 0 Å². The number of Topliss-reactive ketones (excluding diaryl/α,β-unsaturated/α-hetero) is 1. The van der Waals surface area contributed by atoms with Crippen molar-refractivity contribution in [2.45, 2.75) is 26.1 Å². The molecular weight excluding hydrogens is 513 g/mol. The molecule has 4 rings (SSSR count). The van der Waals surface area contributed by atoms with E-state index in [-0.39, 0.29) is 25.5 Å². The van der Waals surface area contributed by atoms with Crippen molar-refractivity contribution in [3.63, 3.8) is 0 Å². The minimum absolute atomic E-state index is 0.0630. The van der Waals surface area contributed by atoms with Crippen molar-refractivity contribution >= 4 is 35.4 Å². The molecule has 1 amide bonds. The summed E-state index contributed by atoms with van der Waals surface area (Å²) in [6, 6.07) is 19.7. The molecule has 0 bridgehead atoms. The van der Waals surface area contributed by atoms with E-state index in [2.05, 4.69) is 0 Å². The van der Waals surface area contributed by atoms with Crippen LogP contribution < -0.4 is 0 Å². The predicted molar refractivity (Wildman–Crippen MR) is 143 cm³/mol. The number of aliphatic hydroxyl groups is 1. The third kappa shape index (κ3) is 5.59. The smallest absolute Gasteiger partial charge is 0.212 e. The predicted octanol–water partition coefficient (Wildman–Crippen LogP) is 5.39. The first-order chi connectivity index (χ1) is 17.7. The molecule has 0 aliphatic carbocycles. The van der Waals surface area contributed by atoms with Gasteiger partial charge in [0.15, 0.2) is 11.5 Å². The number of nitrogens with zero attached hydrogens (tertiary/aromatic N) is 1. The Morgan fingerprint density at radius 1 is 1.08 bits per heavy atom. The van der Waals surface area contributed by atoms with E-state index in [1.54, 1.807) is 41.3 Å². The molecule has 3 aromatic rings. The second-order valence-electron chi connectivity index (χ2n) is 9.54. The number of benzene rings is 3. The maximum Gasteiger partial charge on any atom is 0.212 e. The third-order valence-corrected chi connectivity index (χ3v) is 7.27. The van der Waals surface area contributed by atoms with E-state index < -0.39 is 11.1 Å². The summed E-state index contributed by atoms with van der Waals surface area (Å²) in [5.41, 5.74) is 1.55. The Kier molecular flexibility index (Phi) is 8.36. The first kappa shape index (κ1) is 27.3. The molecule has 8 heteroatoms. The molecule has 194 valence electrons. The monoisotopic (exact) mass is 541 g/mol. The van der Waals surface area contributed by atoms with E-state index in [0.717, 1.165) is 17.5 Å². The number of amides is 1. The molecule has 1 fully saturated rings. The van der Waals surface area contributed by atoms with E-state index in [1.807, 2.05) is 37.3 Å². The van der Waals surface area contributed by atoms with Crippen molar-refractivity contribution in [1.82, 2.24) is 4.90 Å². The van der Waals surface area contributed by atoms with Gasteiger partial charge in [-0.3, -0.25) is 9.59 Å². The molecule has 0 spiro atoms. The molecule has 1 aliphatic heterocycles. The first-order valence-corrected chi connectivity index (χ1v) is 12.7. The van der Waals surface area contributed by atoms with Crippen molar-refractivity contribution in [3.8, 4) is 0 Å². The van der Waals surface area contributed by atoms with Crippen LogP contribution in [-0.2, 0) is 26.5 Å². The molecule has 1 N–H and O–H groups in total. The van der Waals surface area contributed by atoms with Gasteiger partial charge in [-0.15, -0.1) is 0 Å². The van der Waals surface area contributed by atoms with Gasteiger partial charge in [0.2, 0.25) is 6.41 Å². The highest BCUT2D eigenvalue weighted by molar-refractivity contribution is 6.30. The van der Waals surface area contributed by atoms with Crippen molar-refractivity contribution < 1.29 is 24.2 Å². The van der Waals surface area contributed by atoms with Gasteiger partial charge in [0.05, 0.1) is 31.8 Å². The third-order valence-electron chi connectivity index (χ3n) is 6.77. The lowest BCUT2D eigenvalue weighted by Gasteiger charge is -2.47. The maximum absolute atomic E-state index is 12.9. The average molecular weight is 542 g/mol. The Balaban J connectivity index is 1.92. The van der Waals surface area contributed by atoms with E-state index in [0.29, 0.717) is 39.9 Å². The molecule has 1 saturated heterocycles. The molecule has 1 unspecified atom stereocenters. The Labute approximate surface area is 226 Å². The SMILES string of the molecule is CC(=O)c1ccc(C(OCC2(CO)COC2)(c2ccc(Cl)cc2)N(C=O)Cc2ccc(Cl)cc2)c(C)c1. The number of carbonyl (C=O) groups is 2. The summed E-state index contributed by atoms with van der Waals surface area (Å²) in [7, 11) is 0. The normalized spacial score (nSPS) is 15.9. The summed E-state index contributed by atoms with van der Waals surface area (Å²) in [6.07, 6.45) is 0.754. The highest BCUT2D eigenvalue weighted by Gasteiger charge is 2.47. The fraction of sp³-hybridized carbons (Fsp3) is 0.310. The van der Waals surface area contributed by atoms with Crippen LogP contribution in [0, 0.1) is 12.3 Å². The number of hydrogen-bond acceptors (Lipinski definition) is 5. The Hall–Kier alpha value is -2.74. The van der Waals surface area contributed by atoms with Crippen LogP contribution in [0.25, 0.3) is 0 Å². The van der Waals surface area contributed by atoms with Crippen molar-refractivity contribution in [2.24, 2.45) is 5.41 Å². The number of carbonyl (C=O) groups excluding carboxylic acids is 2. The standard InChI is InChI=1S/C29H29Cl2NO5/c1-20-13-23(21(2)35)5-12-27(20)29(24-6-10-26(31)11-7-24,37-18-28(15-33)16-36-17-28)32(19-34)14-22-3-8-25(30)9-4-22/h3-13,19,33H,14-18H2,1-2H3. The second-order valence-corrected chi connectivity index (χ2v) is 10.4. The molecule has 6 nitrogen and oxygen atoms in total. The summed E-state index contributed by atoms with van der Waals surface area (Å²) >= 11 is 12.3. The molecule has 0 saturated carbocycles. The van der Waals surface area contributed by atoms with Crippen LogP contribution in [0.4, 0.5) is 0 Å². The second kappa shape index (κ2) is 11.3. The van der Waals surface area contributed by atoms with Gasteiger partial charge < -0.3 is 19.5 Å². The van der Waals surface area contributed by atoms with Gasteiger partial charge in [-0.25, -0.2) is 0 Å². The van der Waals surface area contributed by atoms with Gasteiger partial charge in [0, 0.05) is 33.3 Å². The Morgan fingerprint density at radius 3 is 2.19 bits per heavy atom. The van der Waals surface area contributed by atoms with Crippen LogP contribution in [-0.4, -0.2) is 48.6 Å². The fourth-order valence-corrected chi connectivity index (χ4v) is 4.79. The van der Waals surface area contributed by atoms with Crippen molar-refractivity contribution in [1.29, 1.82) is 0 Å². The molecule has 1 aliphatic rings. The number of hydrogen-bond donors (Lipinski definition) is 1. The van der Waals surface area contributed by atoms with Crippen molar-refractivity contribution in [2.75, 3.05) is 26.4 Å². The van der Waals surface area contributed by atoms with E-state index in [4.69, 9.17) is 32.7 Å². The number of aryl methyl sites for hydroxylation is 1. The number of ether oxygens (including phenoxy) is 2. The summed E-state index contributed by atoms with van der Waals surface area (Å²) in [6.45, 7) is 4.31. The van der Waals surface area contributed by atoms with Gasteiger partial charge in [-0.1, -0.05) is 59.6 Å². The van der Waals surface area contributed by atoms with E-state index >= 15 is 0 Å². The quantitative estimate of drug-likeness (QED) is 0.200. The summed E-state index contributed by atoms with van der Waals surface area (Å²) in [5, 5.41) is 11.2. The lowest BCUT2D eigenvalue weighted by atomic mass is 9.85. The van der Waals surface area contributed by atoms with Crippen LogP contribution in [0.1, 0.15) is 39.5 Å². The van der Waals surface area contributed by atoms with Gasteiger partial charge >= 0.3 is 0 Å². The molecular formula is C29H29Cl2NO5. The van der Waals surface area contributed by atoms with Crippen LogP contribution in [0.15, 0.2) is 66.7 Å². The van der Waals surface area contributed by atoms with E-state index in [1.165, 1.54) is 6.92 Å². The topological polar surface area (TPSA) is 76.1 Å². The largest absolute Gasteiger partial charge is 0.396 e. The minimum Gasteiger partial charge on any atom is -0.396 e. The van der Waals surface area contributed by atoms with Crippen LogP contribution in [0.5, 0.6) is 0 Å². The molecule has 3 aromatic carbocycles. The summed E-state index contributed by atoms with van der Waals surface area (Å²) < 4.78 is 12.2. The highest BCUT2D eigenvalue weighted by atomic mass is 35.5. The molecule has 1 atom stereocenters. The van der Waals surface area contributed by atoms with Crippen LogP contribution >= 0.6 is 23.2 Å². The Morgan fingerprint density at radius 2 is 1.70 bits per heavy atom. The zero-order chi connectivity index (χ0) is 26.6. The van der Waals surface area contributed by atoms with Crippen molar-refractivity contribution in [3.05, 3.63) is 105 Å². The number of halogens is 2. The minimum atomic E-state index is -1.40. The first-order valence-electron chi connectivity index (χ1n) is 11.9. The fourth-order valence-electron chi connectivity index (χ4n) is 4.54. The number of rotatable bonds is 11. The van der Waals surface area contributed by atoms with Gasteiger partial charge in [-0.05, 0) is 55.3 Å². The zero-order valence-corrected chi connectivity index (χ0v) is 22.3. The van der Waals surface area contributed by atoms with Gasteiger partial charge in [-0.2, -0.15) is 0 Å². The van der Waals surface area contributed by atoms with E-state index in [9.17, 15) is 14.7 Å². The molecule has 0 aromatic heterocycles. The summed E-state index contributed by atoms with van der Waals surface area (Å²) in [4.78, 5) is 26.6. The van der Waals surface area contributed by atoms with Crippen LogP contribution in [0.2, 0.25) is 10.0 Å². The maximum atomic E-state index is 12.9. The lowest BCUT2D eigenvalue weighted by Crippen LogP contribution is -2.55. The van der Waals surface area contributed by atoms with Gasteiger partial charge in [0.1, 0.15) is 0 Å².